The van der Waals surface area contributed by atoms with Gasteiger partial charge in [-0.1, -0.05) is 12.1 Å². The van der Waals surface area contributed by atoms with Gasteiger partial charge < -0.3 is 9.84 Å². The van der Waals surface area contributed by atoms with Crippen molar-refractivity contribution in [3.05, 3.63) is 52.5 Å². The Bertz CT molecular complexity index is 1260. The maximum absolute atomic E-state index is 13.3. The van der Waals surface area contributed by atoms with Crippen LogP contribution >= 0.6 is 0 Å². The van der Waals surface area contributed by atoms with Crippen LogP contribution in [0.2, 0.25) is 0 Å². The van der Waals surface area contributed by atoms with Gasteiger partial charge in [0.05, 0.1) is 17.9 Å². The van der Waals surface area contributed by atoms with E-state index in [1.54, 1.807) is 12.1 Å². The van der Waals surface area contributed by atoms with Gasteiger partial charge in [0.15, 0.2) is 16.8 Å². The molecule has 4 aromatic rings. The summed E-state index contributed by atoms with van der Waals surface area (Å²) in [5, 5.41) is 21.4. The predicted octanol–water partition coefficient (Wildman–Crippen LogP) is 0.871. The fourth-order valence-electron chi connectivity index (χ4n) is 2.91. The van der Waals surface area contributed by atoms with Gasteiger partial charge in [0.25, 0.3) is 5.56 Å². The van der Waals surface area contributed by atoms with Crippen molar-refractivity contribution in [3.63, 3.8) is 0 Å². The fraction of sp³-hybridized carbons (Fsp3) is 0.176. The minimum absolute atomic E-state index is 0.117. The highest BCUT2D eigenvalue weighted by molar-refractivity contribution is 5.83. The van der Waals surface area contributed by atoms with E-state index in [0.29, 0.717) is 22.5 Å². The van der Waals surface area contributed by atoms with E-state index < -0.39 is 18.1 Å². The van der Waals surface area contributed by atoms with E-state index in [2.05, 4.69) is 20.3 Å². The molecule has 0 unspecified atom stereocenters. The molecule has 0 amide bonds. The Morgan fingerprint density at radius 3 is 2.64 bits per heavy atom. The van der Waals surface area contributed by atoms with Gasteiger partial charge in [-0.25, -0.2) is 9.37 Å². The molecule has 1 N–H and O–H groups in total. The molecule has 3 heterocycles. The number of methoxy groups -OCH3 is 1. The molecule has 28 heavy (non-hydrogen) atoms. The molecule has 10 nitrogen and oxygen atoms in total. The number of fused-ring (bicyclic) bond motifs is 3. The van der Waals surface area contributed by atoms with E-state index in [1.807, 2.05) is 0 Å². The van der Waals surface area contributed by atoms with Gasteiger partial charge in [-0.2, -0.15) is 9.61 Å². The maximum Gasteiger partial charge on any atom is 0.323 e. The second-order valence-corrected chi connectivity index (χ2v) is 5.94. The Labute approximate surface area is 155 Å². The van der Waals surface area contributed by atoms with Crippen molar-refractivity contribution in [1.82, 2.24) is 29.4 Å². The summed E-state index contributed by atoms with van der Waals surface area (Å²) < 4.78 is 20.8. The molecule has 11 heteroatoms. The Hall–Kier alpha value is -3.73. The lowest BCUT2D eigenvalue weighted by Crippen LogP contribution is -2.26. The van der Waals surface area contributed by atoms with Gasteiger partial charge in [-0.15, -0.1) is 10.2 Å². The molecule has 0 spiro atoms. The number of hydrogen-bond donors (Lipinski definition) is 1. The third kappa shape index (κ3) is 2.87. The number of hydrogen-bond acceptors (Lipinski definition) is 7. The number of ether oxygens (including phenoxy) is 1. The number of rotatable bonds is 5. The quantitative estimate of drug-likeness (QED) is 0.537. The Kier molecular flexibility index (Phi) is 4.28. The highest BCUT2D eigenvalue weighted by Crippen LogP contribution is 2.28. The van der Waals surface area contributed by atoms with Gasteiger partial charge in [0, 0.05) is 7.11 Å². The minimum atomic E-state index is -1.18. The van der Waals surface area contributed by atoms with Crippen LogP contribution in [-0.4, -0.2) is 47.5 Å². The van der Waals surface area contributed by atoms with Gasteiger partial charge in [-0.05, 0) is 17.7 Å². The van der Waals surface area contributed by atoms with Crippen molar-refractivity contribution in [2.75, 3.05) is 7.11 Å². The Balaban J connectivity index is 2.00. The predicted molar refractivity (Wildman–Crippen MR) is 94.1 cm³/mol. The first-order valence-corrected chi connectivity index (χ1v) is 8.09. The van der Waals surface area contributed by atoms with Crippen molar-refractivity contribution in [2.45, 2.75) is 13.2 Å². The van der Waals surface area contributed by atoms with Gasteiger partial charge in [0.1, 0.15) is 18.7 Å². The lowest BCUT2D eigenvalue weighted by Gasteiger charge is -2.04. The summed E-state index contributed by atoms with van der Waals surface area (Å²) >= 11 is 0. The smallest absolute Gasteiger partial charge is 0.323 e. The summed E-state index contributed by atoms with van der Waals surface area (Å²) in [6.07, 6.45) is 1.12. The zero-order chi connectivity index (χ0) is 19.8. The van der Waals surface area contributed by atoms with E-state index in [1.165, 1.54) is 23.8 Å². The second-order valence-electron chi connectivity index (χ2n) is 5.94. The molecule has 0 aliphatic carbocycles. The van der Waals surface area contributed by atoms with Crippen LogP contribution in [0.15, 0.2) is 35.4 Å². The van der Waals surface area contributed by atoms with E-state index in [9.17, 15) is 14.0 Å². The summed E-state index contributed by atoms with van der Waals surface area (Å²) in [6, 6.07) is 5.78. The number of carbonyl (C=O) groups is 1. The molecule has 0 saturated heterocycles. The van der Waals surface area contributed by atoms with Crippen molar-refractivity contribution in [1.29, 1.82) is 0 Å². The molecule has 0 aliphatic rings. The SMILES string of the molecule is COCc1nn2c(nnc3c(=O)n(CC(=O)O)cnc32)c1-c1ccc(F)cc1. The summed E-state index contributed by atoms with van der Waals surface area (Å²) in [4.78, 5) is 27.5. The molecular weight excluding hydrogens is 371 g/mol. The maximum atomic E-state index is 13.3. The topological polar surface area (TPSA) is 124 Å². The van der Waals surface area contributed by atoms with Crippen LogP contribution in [0, 0.1) is 5.82 Å². The van der Waals surface area contributed by atoms with E-state index in [0.717, 1.165) is 10.9 Å². The second kappa shape index (κ2) is 6.78. The molecule has 0 atom stereocenters. The average Bonchev–Trinajstić information content (AvgIpc) is 3.03. The molecule has 0 bridgehead atoms. The van der Waals surface area contributed by atoms with Crippen LogP contribution in [0.25, 0.3) is 27.9 Å². The van der Waals surface area contributed by atoms with Crippen LogP contribution in [0.5, 0.6) is 0 Å². The van der Waals surface area contributed by atoms with Crippen LogP contribution in [0.3, 0.4) is 0 Å². The standard InChI is InChI=1S/C17H13FN6O4/c1-28-7-11-13(9-2-4-10(18)5-3-9)15-21-20-14-16(24(15)22-11)19-8-23(17(14)27)6-12(25)26/h2-5,8H,6-7H2,1H3,(H,25,26). The lowest BCUT2D eigenvalue weighted by atomic mass is 10.1. The average molecular weight is 384 g/mol. The summed E-state index contributed by atoms with van der Waals surface area (Å²) in [6.45, 7) is -0.399. The molecule has 0 radical (unpaired) electrons. The largest absolute Gasteiger partial charge is 0.480 e. The van der Waals surface area contributed by atoms with Gasteiger partial charge in [-0.3, -0.25) is 14.2 Å². The number of aromatic nitrogens is 6. The normalized spacial score (nSPS) is 11.4. The monoisotopic (exact) mass is 384 g/mol. The van der Waals surface area contributed by atoms with E-state index in [4.69, 9.17) is 9.84 Å². The fourth-order valence-corrected chi connectivity index (χ4v) is 2.91. The number of carboxylic acids is 1. The molecule has 3 aromatic heterocycles. The van der Waals surface area contributed by atoms with Crippen molar-refractivity contribution < 1.29 is 19.0 Å². The van der Waals surface area contributed by atoms with Gasteiger partial charge >= 0.3 is 5.97 Å². The van der Waals surface area contributed by atoms with Crippen molar-refractivity contribution in [2.24, 2.45) is 0 Å². The number of halogens is 1. The third-order valence-corrected chi connectivity index (χ3v) is 4.09. The first kappa shape index (κ1) is 17.7. The van der Waals surface area contributed by atoms with Crippen molar-refractivity contribution >= 4 is 22.8 Å². The molecule has 0 aliphatic heterocycles. The Morgan fingerprint density at radius 1 is 1.21 bits per heavy atom. The molecule has 142 valence electrons. The van der Waals surface area contributed by atoms with E-state index in [-0.39, 0.29) is 23.6 Å². The number of benzene rings is 1. The highest BCUT2D eigenvalue weighted by Gasteiger charge is 2.20. The molecule has 4 rings (SSSR count). The van der Waals surface area contributed by atoms with Crippen LogP contribution in [0.4, 0.5) is 4.39 Å². The lowest BCUT2D eigenvalue weighted by molar-refractivity contribution is -0.137. The first-order chi connectivity index (χ1) is 13.5. The zero-order valence-corrected chi connectivity index (χ0v) is 14.5. The van der Waals surface area contributed by atoms with E-state index >= 15 is 0 Å². The summed E-state index contributed by atoms with van der Waals surface area (Å²) in [7, 11) is 1.51. The minimum Gasteiger partial charge on any atom is -0.480 e. The highest BCUT2D eigenvalue weighted by atomic mass is 19.1. The van der Waals surface area contributed by atoms with Gasteiger partial charge in [0.2, 0.25) is 0 Å². The summed E-state index contributed by atoms with van der Waals surface area (Å²) in [5.74, 6) is -1.57. The molecule has 0 saturated carbocycles. The molecular formula is C17H13FN6O4. The summed E-state index contributed by atoms with van der Waals surface area (Å²) in [5.41, 5.74) is 1.41. The number of aliphatic carboxylic acids is 1. The number of nitrogens with zero attached hydrogens (tertiary/aromatic N) is 6. The van der Waals surface area contributed by atoms with Crippen molar-refractivity contribution in [3.8, 4) is 11.1 Å². The van der Waals surface area contributed by atoms with Crippen LogP contribution in [0.1, 0.15) is 5.69 Å². The Morgan fingerprint density at radius 2 is 1.96 bits per heavy atom. The first-order valence-electron chi connectivity index (χ1n) is 8.09. The van der Waals surface area contributed by atoms with Crippen LogP contribution < -0.4 is 5.56 Å². The molecule has 1 aromatic carbocycles. The van der Waals surface area contributed by atoms with Crippen LogP contribution in [-0.2, 0) is 22.7 Å². The molecule has 0 fully saturated rings. The zero-order valence-electron chi connectivity index (χ0n) is 14.5. The number of carboxylic acid groups (broad SMARTS) is 1. The third-order valence-electron chi connectivity index (χ3n) is 4.09.